The fourth-order valence-electron chi connectivity index (χ4n) is 1.81. The van der Waals surface area contributed by atoms with Gasteiger partial charge in [-0.25, -0.2) is 0 Å². The Morgan fingerprint density at radius 1 is 1.30 bits per heavy atom. The number of alkyl halides is 3. The van der Waals surface area contributed by atoms with E-state index in [0.29, 0.717) is 5.56 Å². The van der Waals surface area contributed by atoms with Crippen LogP contribution in [-0.2, 0) is 6.18 Å². The highest BCUT2D eigenvalue weighted by atomic mass is 19.4. The normalized spacial score (nSPS) is 12.9. The second kappa shape index (κ2) is 4.89. The topological polar surface area (TPSA) is 67.6 Å². The van der Waals surface area contributed by atoms with E-state index in [9.17, 15) is 13.2 Å². The van der Waals surface area contributed by atoms with Crippen molar-refractivity contribution in [1.82, 2.24) is 9.78 Å². The number of hydrogen-bond acceptors (Lipinski definition) is 3. The summed E-state index contributed by atoms with van der Waals surface area (Å²) >= 11 is 0. The van der Waals surface area contributed by atoms with Crippen LogP contribution in [0.5, 0.6) is 0 Å². The number of hydrogen-bond donors (Lipinski definition) is 1. The third-order valence-corrected chi connectivity index (χ3v) is 2.95. The smallest absolute Gasteiger partial charge is 0.396 e. The molecule has 0 saturated carbocycles. The van der Waals surface area contributed by atoms with Crippen LogP contribution in [-0.4, -0.2) is 9.78 Å². The van der Waals surface area contributed by atoms with Crippen LogP contribution in [0.1, 0.15) is 29.8 Å². The van der Waals surface area contributed by atoms with E-state index < -0.39 is 23.6 Å². The van der Waals surface area contributed by atoms with Crippen LogP contribution in [0.4, 0.5) is 18.9 Å². The minimum Gasteiger partial charge on any atom is -0.396 e. The van der Waals surface area contributed by atoms with E-state index >= 15 is 0 Å². The van der Waals surface area contributed by atoms with Crippen LogP contribution >= 0.6 is 0 Å². The first-order valence-corrected chi connectivity index (χ1v) is 5.75. The van der Waals surface area contributed by atoms with E-state index in [1.165, 1.54) is 4.68 Å². The van der Waals surface area contributed by atoms with Crippen molar-refractivity contribution in [2.45, 2.75) is 19.1 Å². The Hall–Kier alpha value is -2.49. The van der Waals surface area contributed by atoms with E-state index in [1.807, 2.05) is 6.07 Å². The summed E-state index contributed by atoms with van der Waals surface area (Å²) in [6, 6.07) is 8.11. The standard InChI is InChI=1S/C13H11F3N4/c1-8(10-4-2-9(6-17)3-5-10)20-7-11(18)12(19-20)13(14,15)16/h2-5,7-8H,18H2,1H3. The van der Waals surface area contributed by atoms with Gasteiger partial charge in [0.1, 0.15) is 0 Å². The lowest BCUT2D eigenvalue weighted by Gasteiger charge is -2.12. The molecule has 2 aromatic rings. The molecule has 0 aliphatic heterocycles. The van der Waals surface area contributed by atoms with E-state index in [1.54, 1.807) is 31.2 Å². The molecule has 0 aliphatic carbocycles. The molecular weight excluding hydrogens is 269 g/mol. The summed E-state index contributed by atoms with van der Waals surface area (Å²) in [5.41, 5.74) is 5.07. The molecular formula is C13H11F3N4. The second-order valence-electron chi connectivity index (χ2n) is 4.32. The van der Waals surface area contributed by atoms with Crippen LogP contribution in [0.3, 0.4) is 0 Å². The predicted octanol–water partition coefficient (Wildman–Crippen LogP) is 2.97. The maximum Gasteiger partial charge on any atom is 0.437 e. The summed E-state index contributed by atoms with van der Waals surface area (Å²) in [5, 5.41) is 12.2. The minimum atomic E-state index is -4.57. The molecule has 7 heteroatoms. The zero-order chi connectivity index (χ0) is 14.9. The molecule has 0 spiro atoms. The summed E-state index contributed by atoms with van der Waals surface area (Å²) in [6.45, 7) is 1.70. The van der Waals surface area contributed by atoms with E-state index in [0.717, 1.165) is 11.8 Å². The lowest BCUT2D eigenvalue weighted by atomic mass is 10.1. The summed E-state index contributed by atoms with van der Waals surface area (Å²) in [7, 11) is 0. The van der Waals surface area contributed by atoms with Gasteiger partial charge in [-0.3, -0.25) is 4.68 Å². The third-order valence-electron chi connectivity index (χ3n) is 2.95. The summed E-state index contributed by atoms with van der Waals surface area (Å²) < 4.78 is 39.1. The van der Waals surface area contributed by atoms with Crippen molar-refractivity contribution in [3.63, 3.8) is 0 Å². The monoisotopic (exact) mass is 280 g/mol. The van der Waals surface area contributed by atoms with Gasteiger partial charge in [0.05, 0.1) is 23.4 Å². The van der Waals surface area contributed by atoms with Crippen molar-refractivity contribution < 1.29 is 13.2 Å². The SMILES string of the molecule is CC(c1ccc(C#N)cc1)n1cc(N)c(C(F)(F)F)n1. The van der Waals surface area contributed by atoms with E-state index in [-0.39, 0.29) is 0 Å². The molecule has 0 amide bonds. The van der Waals surface area contributed by atoms with Gasteiger partial charge in [-0.2, -0.15) is 23.5 Å². The minimum absolute atomic E-state index is 0.405. The Morgan fingerprint density at radius 2 is 1.90 bits per heavy atom. The Bertz CT molecular complexity index is 650. The molecule has 0 aliphatic rings. The van der Waals surface area contributed by atoms with Gasteiger partial charge in [0.25, 0.3) is 0 Å². The summed E-state index contributed by atoms with van der Waals surface area (Å²) in [6.07, 6.45) is -3.41. The van der Waals surface area contributed by atoms with E-state index in [4.69, 9.17) is 11.0 Å². The molecule has 0 saturated heterocycles. The van der Waals surface area contributed by atoms with Crippen LogP contribution in [0.15, 0.2) is 30.5 Å². The summed E-state index contributed by atoms with van der Waals surface area (Å²) in [5.74, 6) is 0. The number of aromatic nitrogens is 2. The quantitative estimate of drug-likeness (QED) is 0.919. The maximum absolute atomic E-state index is 12.6. The van der Waals surface area contributed by atoms with Crippen molar-refractivity contribution in [3.8, 4) is 6.07 Å². The van der Waals surface area contributed by atoms with Gasteiger partial charge >= 0.3 is 6.18 Å². The number of anilines is 1. The lowest BCUT2D eigenvalue weighted by molar-refractivity contribution is -0.140. The average molecular weight is 280 g/mol. The highest BCUT2D eigenvalue weighted by Crippen LogP contribution is 2.33. The van der Waals surface area contributed by atoms with Crippen LogP contribution < -0.4 is 5.73 Å². The van der Waals surface area contributed by atoms with Crippen LogP contribution in [0.2, 0.25) is 0 Å². The molecule has 104 valence electrons. The molecule has 0 radical (unpaired) electrons. The van der Waals surface area contributed by atoms with Gasteiger partial charge in [-0.15, -0.1) is 0 Å². The fourth-order valence-corrected chi connectivity index (χ4v) is 1.81. The number of benzene rings is 1. The van der Waals surface area contributed by atoms with Crippen molar-refractivity contribution in [3.05, 3.63) is 47.3 Å². The first-order valence-electron chi connectivity index (χ1n) is 5.75. The van der Waals surface area contributed by atoms with Crippen LogP contribution in [0, 0.1) is 11.3 Å². The number of nitrogens with two attached hydrogens (primary N) is 1. The molecule has 0 fully saturated rings. The number of nitrogens with zero attached hydrogens (tertiary/aromatic N) is 3. The molecule has 1 aromatic carbocycles. The fraction of sp³-hybridized carbons (Fsp3) is 0.231. The Kier molecular flexibility index (Phi) is 3.40. The average Bonchev–Trinajstić information content (AvgIpc) is 2.80. The Morgan fingerprint density at radius 3 is 2.35 bits per heavy atom. The van der Waals surface area contributed by atoms with Crippen molar-refractivity contribution in [2.24, 2.45) is 0 Å². The van der Waals surface area contributed by atoms with Gasteiger partial charge in [-0.05, 0) is 24.6 Å². The third kappa shape index (κ3) is 2.59. The molecule has 0 bridgehead atoms. The molecule has 20 heavy (non-hydrogen) atoms. The van der Waals surface area contributed by atoms with Crippen molar-refractivity contribution in [1.29, 1.82) is 5.26 Å². The highest BCUT2D eigenvalue weighted by Gasteiger charge is 2.37. The highest BCUT2D eigenvalue weighted by molar-refractivity contribution is 5.43. The van der Waals surface area contributed by atoms with Crippen molar-refractivity contribution in [2.75, 3.05) is 5.73 Å². The van der Waals surface area contributed by atoms with Gasteiger partial charge in [0, 0.05) is 6.20 Å². The number of nitrogen functional groups attached to an aromatic ring is 1. The maximum atomic E-state index is 12.6. The van der Waals surface area contributed by atoms with Gasteiger partial charge in [0.2, 0.25) is 0 Å². The zero-order valence-corrected chi connectivity index (χ0v) is 10.5. The van der Waals surface area contributed by atoms with Crippen molar-refractivity contribution >= 4 is 5.69 Å². The first-order chi connectivity index (χ1) is 9.32. The number of rotatable bonds is 2. The predicted molar refractivity (Wildman–Crippen MR) is 66.6 cm³/mol. The summed E-state index contributed by atoms with van der Waals surface area (Å²) in [4.78, 5) is 0. The number of nitriles is 1. The molecule has 2 N–H and O–H groups in total. The number of halogens is 3. The molecule has 1 atom stereocenters. The van der Waals surface area contributed by atoms with Gasteiger partial charge < -0.3 is 5.73 Å². The molecule has 1 aromatic heterocycles. The second-order valence-corrected chi connectivity index (χ2v) is 4.32. The molecule has 1 unspecified atom stereocenters. The molecule has 2 rings (SSSR count). The van der Waals surface area contributed by atoms with Crippen LogP contribution in [0.25, 0.3) is 0 Å². The lowest BCUT2D eigenvalue weighted by Crippen LogP contribution is -2.12. The molecule has 4 nitrogen and oxygen atoms in total. The zero-order valence-electron chi connectivity index (χ0n) is 10.5. The van der Waals surface area contributed by atoms with Gasteiger partial charge in [0.15, 0.2) is 5.69 Å². The Labute approximate surface area is 113 Å². The van der Waals surface area contributed by atoms with Gasteiger partial charge in [-0.1, -0.05) is 12.1 Å². The largest absolute Gasteiger partial charge is 0.437 e. The Balaban J connectivity index is 2.34. The first kappa shape index (κ1) is 13.9. The molecule has 1 heterocycles. The van der Waals surface area contributed by atoms with E-state index in [2.05, 4.69) is 5.10 Å².